The van der Waals surface area contributed by atoms with E-state index in [-0.39, 0.29) is 24.7 Å². The maximum atomic E-state index is 12.3. The van der Waals surface area contributed by atoms with E-state index in [1.165, 1.54) is 6.26 Å². The molecule has 1 heterocycles. The first kappa shape index (κ1) is 16.4. The van der Waals surface area contributed by atoms with Gasteiger partial charge in [0.1, 0.15) is 0 Å². The zero-order chi connectivity index (χ0) is 14.8. The number of carbonyl (C=O) groups excluding carboxylic acids is 1. The SMILES string of the molecule is CCCC1NC(CC)C(=O)N1CC(C)(C)S(C)(=O)=O. The van der Waals surface area contributed by atoms with Crippen LogP contribution in [0.1, 0.15) is 47.0 Å². The van der Waals surface area contributed by atoms with Crippen LogP contribution in [-0.4, -0.2) is 49.0 Å². The summed E-state index contributed by atoms with van der Waals surface area (Å²) in [6, 6.07) is -0.174. The second kappa shape index (κ2) is 5.79. The summed E-state index contributed by atoms with van der Waals surface area (Å²) in [6.07, 6.45) is 3.73. The van der Waals surface area contributed by atoms with Crippen molar-refractivity contribution in [3.63, 3.8) is 0 Å². The number of carbonyl (C=O) groups is 1. The lowest BCUT2D eigenvalue weighted by Crippen LogP contribution is -2.48. The van der Waals surface area contributed by atoms with Crippen LogP contribution >= 0.6 is 0 Å². The van der Waals surface area contributed by atoms with Gasteiger partial charge in [0, 0.05) is 12.8 Å². The van der Waals surface area contributed by atoms with Gasteiger partial charge in [-0.15, -0.1) is 0 Å². The van der Waals surface area contributed by atoms with E-state index in [1.807, 2.05) is 6.92 Å². The van der Waals surface area contributed by atoms with E-state index >= 15 is 0 Å². The van der Waals surface area contributed by atoms with E-state index in [9.17, 15) is 13.2 Å². The Hall–Kier alpha value is -0.620. The van der Waals surface area contributed by atoms with Crippen LogP contribution in [0.15, 0.2) is 0 Å². The van der Waals surface area contributed by atoms with Gasteiger partial charge >= 0.3 is 0 Å². The molecule has 1 saturated heterocycles. The molecule has 0 radical (unpaired) electrons. The van der Waals surface area contributed by atoms with Gasteiger partial charge in [-0.25, -0.2) is 8.42 Å². The smallest absolute Gasteiger partial charge is 0.241 e. The van der Waals surface area contributed by atoms with Crippen molar-refractivity contribution in [1.82, 2.24) is 10.2 Å². The molecule has 1 fully saturated rings. The predicted octanol–water partition coefficient (Wildman–Crippen LogP) is 1.15. The highest BCUT2D eigenvalue weighted by atomic mass is 32.2. The van der Waals surface area contributed by atoms with Crippen LogP contribution < -0.4 is 5.32 Å². The second-order valence-corrected chi connectivity index (χ2v) is 8.58. The fourth-order valence-corrected chi connectivity index (χ4v) is 2.64. The van der Waals surface area contributed by atoms with E-state index in [0.717, 1.165) is 19.3 Å². The molecule has 0 spiro atoms. The minimum absolute atomic E-state index is 0.0256. The van der Waals surface area contributed by atoms with Crippen molar-refractivity contribution in [1.29, 1.82) is 0 Å². The van der Waals surface area contributed by atoms with Crippen LogP contribution in [0.25, 0.3) is 0 Å². The first-order valence-corrected chi connectivity index (χ1v) is 8.79. The highest BCUT2D eigenvalue weighted by Gasteiger charge is 2.42. The molecule has 1 rings (SSSR count). The Morgan fingerprint density at radius 2 is 1.89 bits per heavy atom. The number of hydrogen-bond donors (Lipinski definition) is 1. The third-order valence-corrected chi connectivity index (χ3v) is 6.01. The van der Waals surface area contributed by atoms with Gasteiger partial charge in [-0.2, -0.15) is 0 Å². The average Bonchev–Trinajstić information content (AvgIpc) is 2.56. The van der Waals surface area contributed by atoms with E-state index < -0.39 is 14.6 Å². The highest BCUT2D eigenvalue weighted by molar-refractivity contribution is 7.92. The van der Waals surface area contributed by atoms with Crippen LogP contribution in [0.3, 0.4) is 0 Å². The summed E-state index contributed by atoms with van der Waals surface area (Å²) in [5.41, 5.74) is 0. The first-order chi connectivity index (χ1) is 8.64. The normalized spacial score (nSPS) is 25.1. The van der Waals surface area contributed by atoms with Crippen molar-refractivity contribution in [3.8, 4) is 0 Å². The largest absolute Gasteiger partial charge is 0.324 e. The van der Waals surface area contributed by atoms with Gasteiger partial charge in [-0.1, -0.05) is 20.3 Å². The number of nitrogens with zero attached hydrogens (tertiary/aromatic N) is 1. The molecule has 0 aliphatic carbocycles. The lowest BCUT2D eigenvalue weighted by molar-refractivity contribution is -0.130. The molecule has 6 heteroatoms. The topological polar surface area (TPSA) is 66.5 Å². The van der Waals surface area contributed by atoms with Crippen molar-refractivity contribution >= 4 is 15.7 Å². The minimum atomic E-state index is -3.20. The maximum Gasteiger partial charge on any atom is 0.241 e. The van der Waals surface area contributed by atoms with E-state index in [1.54, 1.807) is 18.7 Å². The molecule has 2 atom stereocenters. The third kappa shape index (κ3) is 3.48. The minimum Gasteiger partial charge on any atom is -0.324 e. The van der Waals surface area contributed by atoms with Crippen LogP contribution in [0.2, 0.25) is 0 Å². The van der Waals surface area contributed by atoms with Crippen LogP contribution in [0.5, 0.6) is 0 Å². The Labute approximate surface area is 116 Å². The molecule has 19 heavy (non-hydrogen) atoms. The number of hydrogen-bond acceptors (Lipinski definition) is 4. The Balaban J connectivity index is 2.93. The molecule has 0 aromatic rings. The Morgan fingerprint density at radius 1 is 1.32 bits per heavy atom. The van der Waals surface area contributed by atoms with Crippen molar-refractivity contribution in [3.05, 3.63) is 0 Å². The molecule has 0 aromatic carbocycles. The van der Waals surface area contributed by atoms with E-state index in [0.29, 0.717) is 0 Å². The molecular weight excluding hydrogens is 264 g/mol. The van der Waals surface area contributed by atoms with Gasteiger partial charge in [0.2, 0.25) is 5.91 Å². The summed E-state index contributed by atoms with van der Waals surface area (Å²) in [4.78, 5) is 14.0. The molecule has 1 aliphatic heterocycles. The van der Waals surface area contributed by atoms with Gasteiger partial charge in [0.25, 0.3) is 0 Å². The van der Waals surface area contributed by atoms with Crippen LogP contribution in [-0.2, 0) is 14.6 Å². The molecule has 1 N–H and O–H groups in total. The van der Waals surface area contributed by atoms with Crippen LogP contribution in [0.4, 0.5) is 0 Å². The van der Waals surface area contributed by atoms with Gasteiger partial charge < -0.3 is 4.90 Å². The Morgan fingerprint density at radius 3 is 2.32 bits per heavy atom. The van der Waals surface area contributed by atoms with Crippen molar-refractivity contribution in [2.24, 2.45) is 0 Å². The zero-order valence-electron chi connectivity index (χ0n) is 12.6. The monoisotopic (exact) mass is 290 g/mol. The quantitative estimate of drug-likeness (QED) is 0.797. The molecule has 0 aromatic heterocycles. The lowest BCUT2D eigenvalue weighted by Gasteiger charge is -2.32. The molecule has 1 amide bonds. The molecule has 0 bridgehead atoms. The maximum absolute atomic E-state index is 12.3. The Kier molecular flexibility index (Phi) is 5.01. The summed E-state index contributed by atoms with van der Waals surface area (Å²) < 4.78 is 22.7. The molecule has 0 saturated carbocycles. The second-order valence-electron chi connectivity index (χ2n) is 5.93. The summed E-state index contributed by atoms with van der Waals surface area (Å²) in [5.74, 6) is 0.0256. The van der Waals surface area contributed by atoms with Crippen molar-refractivity contribution in [2.45, 2.75) is 63.9 Å². The van der Waals surface area contributed by atoms with Crippen molar-refractivity contribution < 1.29 is 13.2 Å². The first-order valence-electron chi connectivity index (χ1n) is 6.90. The zero-order valence-corrected chi connectivity index (χ0v) is 13.4. The predicted molar refractivity (Wildman–Crippen MR) is 76.5 cm³/mol. The average molecular weight is 290 g/mol. The van der Waals surface area contributed by atoms with Gasteiger partial charge in [-0.3, -0.25) is 10.1 Å². The third-order valence-electron chi connectivity index (χ3n) is 3.88. The van der Waals surface area contributed by atoms with Gasteiger partial charge in [0.05, 0.1) is 17.0 Å². The van der Waals surface area contributed by atoms with E-state index in [4.69, 9.17) is 0 Å². The fourth-order valence-electron chi connectivity index (χ4n) is 2.27. The standard InChI is InChI=1S/C13H26N2O3S/c1-6-8-11-14-10(7-2)12(16)15(11)9-13(3,4)19(5,17)18/h10-11,14H,6-9H2,1-5H3. The van der Waals surface area contributed by atoms with Gasteiger partial charge in [-0.05, 0) is 26.7 Å². The highest BCUT2D eigenvalue weighted by Crippen LogP contribution is 2.23. The summed E-state index contributed by atoms with van der Waals surface area (Å²) in [5, 5.41) is 3.30. The van der Waals surface area contributed by atoms with Crippen LogP contribution in [0, 0.1) is 0 Å². The number of rotatable bonds is 6. The number of amides is 1. The molecule has 112 valence electrons. The number of nitrogens with one attached hydrogen (secondary N) is 1. The molecule has 2 unspecified atom stereocenters. The van der Waals surface area contributed by atoms with E-state index in [2.05, 4.69) is 12.2 Å². The molecular formula is C13H26N2O3S. The Bertz CT molecular complexity index is 431. The summed E-state index contributed by atoms with van der Waals surface area (Å²) in [7, 11) is -3.20. The summed E-state index contributed by atoms with van der Waals surface area (Å²) in [6.45, 7) is 7.63. The van der Waals surface area contributed by atoms with Gasteiger partial charge in [0.15, 0.2) is 9.84 Å². The molecule has 5 nitrogen and oxygen atoms in total. The lowest BCUT2D eigenvalue weighted by atomic mass is 10.1. The van der Waals surface area contributed by atoms with Crippen molar-refractivity contribution in [2.75, 3.05) is 12.8 Å². The summed E-state index contributed by atoms with van der Waals surface area (Å²) >= 11 is 0. The fraction of sp³-hybridized carbons (Fsp3) is 0.923. The number of sulfone groups is 1. The molecule has 1 aliphatic rings.